The minimum atomic E-state index is -0.527. The van der Waals surface area contributed by atoms with Crippen molar-refractivity contribution in [2.24, 2.45) is 11.8 Å². The van der Waals surface area contributed by atoms with E-state index in [0.717, 1.165) is 49.2 Å². The minimum absolute atomic E-state index is 0.0332. The summed E-state index contributed by atoms with van der Waals surface area (Å²) in [6, 6.07) is 4.13. The first-order chi connectivity index (χ1) is 12.8. The Hall–Kier alpha value is -2.11. The predicted molar refractivity (Wildman–Crippen MR) is 103 cm³/mol. The van der Waals surface area contributed by atoms with E-state index >= 15 is 0 Å². The van der Waals surface area contributed by atoms with E-state index in [0.29, 0.717) is 19.1 Å². The van der Waals surface area contributed by atoms with E-state index in [2.05, 4.69) is 12.1 Å². The van der Waals surface area contributed by atoms with Crippen molar-refractivity contribution in [3.05, 3.63) is 23.4 Å². The van der Waals surface area contributed by atoms with Crippen molar-refractivity contribution in [3.63, 3.8) is 0 Å². The summed E-state index contributed by atoms with van der Waals surface area (Å²) in [4.78, 5) is 30.8. The van der Waals surface area contributed by atoms with Crippen LogP contribution in [0.2, 0.25) is 0 Å². The molecule has 1 aliphatic carbocycles. The van der Waals surface area contributed by atoms with Gasteiger partial charge in [-0.15, -0.1) is 0 Å². The number of hydrogen-bond acceptors (Lipinski definition) is 5. The molecule has 1 aliphatic heterocycles. The van der Waals surface area contributed by atoms with Crippen LogP contribution in [-0.4, -0.2) is 35.8 Å². The lowest BCUT2D eigenvalue weighted by molar-refractivity contribution is -0.152. The molecule has 0 spiro atoms. The molecule has 0 unspecified atom stereocenters. The Labute approximate surface area is 161 Å². The largest absolute Gasteiger partial charge is 0.466 e. The highest BCUT2D eigenvalue weighted by molar-refractivity contribution is 5.88. The van der Waals surface area contributed by atoms with Crippen molar-refractivity contribution in [2.45, 2.75) is 65.4 Å². The predicted octanol–water partition coefficient (Wildman–Crippen LogP) is 3.90. The van der Waals surface area contributed by atoms with Gasteiger partial charge in [0.25, 0.3) is 0 Å². The third kappa shape index (κ3) is 4.79. The molecule has 0 saturated heterocycles. The topological polar surface area (TPSA) is 68.7 Å². The van der Waals surface area contributed by atoms with Crippen molar-refractivity contribution in [2.75, 3.05) is 18.1 Å². The first kappa shape index (κ1) is 19.6. The summed E-state index contributed by atoms with van der Waals surface area (Å²) in [5.74, 6) is 1.13. The van der Waals surface area contributed by atoms with Crippen LogP contribution in [0.15, 0.2) is 12.1 Å². The molecular formula is C21H30N2O4. The molecule has 0 radical (unpaired) electrons. The Morgan fingerprint density at radius 3 is 2.67 bits per heavy atom. The van der Waals surface area contributed by atoms with E-state index in [-0.39, 0.29) is 18.0 Å². The van der Waals surface area contributed by atoms with Crippen LogP contribution in [0.3, 0.4) is 0 Å². The number of aryl methyl sites for hydroxylation is 1. The van der Waals surface area contributed by atoms with Crippen molar-refractivity contribution in [3.8, 4) is 0 Å². The van der Waals surface area contributed by atoms with Gasteiger partial charge in [-0.05, 0) is 77.3 Å². The summed E-state index contributed by atoms with van der Waals surface area (Å²) in [6.45, 7) is 8.52. The summed E-state index contributed by atoms with van der Waals surface area (Å²) in [5, 5.41) is 0. The number of hydrogen-bond donors (Lipinski definition) is 0. The molecule has 2 heterocycles. The van der Waals surface area contributed by atoms with E-state index in [9.17, 15) is 9.59 Å². The maximum atomic E-state index is 12.6. The molecule has 1 fully saturated rings. The van der Waals surface area contributed by atoms with E-state index in [1.165, 1.54) is 0 Å². The number of aromatic nitrogens is 1. The number of anilines is 1. The van der Waals surface area contributed by atoms with Gasteiger partial charge in [0, 0.05) is 12.2 Å². The Morgan fingerprint density at radius 2 is 2.00 bits per heavy atom. The van der Waals surface area contributed by atoms with Gasteiger partial charge in [0.2, 0.25) is 0 Å². The zero-order valence-corrected chi connectivity index (χ0v) is 16.8. The number of pyridine rings is 1. The van der Waals surface area contributed by atoms with Crippen LogP contribution in [0.4, 0.5) is 10.6 Å². The molecule has 2 aliphatic rings. The van der Waals surface area contributed by atoms with Crippen LogP contribution < -0.4 is 4.90 Å². The standard InChI is InChI=1S/C21H30N2O4/c1-5-26-19(24)16-11-14(12-16)13-17-9-8-15-7-6-10-23(18(15)22-17)20(25)27-21(2,3)4/h8-9,14,16H,5-7,10-13H2,1-4H3. The minimum Gasteiger partial charge on any atom is -0.466 e. The fourth-order valence-electron chi connectivity index (χ4n) is 3.74. The Morgan fingerprint density at radius 1 is 1.26 bits per heavy atom. The summed E-state index contributed by atoms with van der Waals surface area (Å²) in [6.07, 6.45) is 4.04. The average molecular weight is 374 g/mol. The monoisotopic (exact) mass is 374 g/mol. The van der Waals surface area contributed by atoms with Gasteiger partial charge in [0.15, 0.2) is 0 Å². The quantitative estimate of drug-likeness (QED) is 0.748. The number of nitrogens with zero attached hydrogens (tertiary/aromatic N) is 2. The molecule has 148 valence electrons. The molecule has 1 aromatic rings. The normalized spacial score (nSPS) is 21.9. The second kappa shape index (κ2) is 7.87. The van der Waals surface area contributed by atoms with E-state index in [1.807, 2.05) is 27.7 Å². The molecule has 0 N–H and O–H groups in total. The zero-order valence-electron chi connectivity index (χ0n) is 16.8. The Bertz CT molecular complexity index is 705. The van der Waals surface area contributed by atoms with Crippen LogP contribution in [0.1, 0.15) is 58.2 Å². The van der Waals surface area contributed by atoms with Crippen molar-refractivity contribution in [1.82, 2.24) is 4.98 Å². The van der Waals surface area contributed by atoms with Gasteiger partial charge < -0.3 is 9.47 Å². The highest BCUT2D eigenvalue weighted by atomic mass is 16.6. The molecule has 6 nitrogen and oxygen atoms in total. The number of carbonyl (C=O) groups excluding carboxylic acids is 2. The van der Waals surface area contributed by atoms with Gasteiger partial charge in [-0.2, -0.15) is 0 Å². The molecule has 6 heteroatoms. The lowest BCUT2D eigenvalue weighted by Gasteiger charge is -2.34. The van der Waals surface area contributed by atoms with Gasteiger partial charge in [-0.25, -0.2) is 9.78 Å². The summed E-state index contributed by atoms with van der Waals surface area (Å²) in [5.41, 5.74) is 1.53. The van der Waals surface area contributed by atoms with Crippen molar-refractivity contribution < 1.29 is 19.1 Å². The average Bonchev–Trinajstić information content (AvgIpc) is 2.55. The Kier molecular flexibility index (Phi) is 5.72. The molecule has 27 heavy (non-hydrogen) atoms. The maximum absolute atomic E-state index is 12.6. The number of amides is 1. The second-order valence-electron chi connectivity index (χ2n) is 8.51. The van der Waals surface area contributed by atoms with Crippen LogP contribution in [0.5, 0.6) is 0 Å². The van der Waals surface area contributed by atoms with Gasteiger partial charge >= 0.3 is 12.1 Å². The zero-order chi connectivity index (χ0) is 19.6. The maximum Gasteiger partial charge on any atom is 0.416 e. The second-order valence-corrected chi connectivity index (χ2v) is 8.51. The molecule has 1 amide bonds. The van der Waals surface area contributed by atoms with Crippen LogP contribution >= 0.6 is 0 Å². The first-order valence-electron chi connectivity index (χ1n) is 9.92. The van der Waals surface area contributed by atoms with Gasteiger partial charge in [0.1, 0.15) is 11.4 Å². The smallest absolute Gasteiger partial charge is 0.416 e. The summed E-state index contributed by atoms with van der Waals surface area (Å²) in [7, 11) is 0. The fraction of sp³-hybridized carbons (Fsp3) is 0.667. The summed E-state index contributed by atoms with van der Waals surface area (Å²) < 4.78 is 10.6. The number of esters is 1. The van der Waals surface area contributed by atoms with Gasteiger partial charge in [-0.1, -0.05) is 6.07 Å². The molecule has 0 aromatic carbocycles. The lowest BCUT2D eigenvalue weighted by atomic mass is 9.72. The molecule has 0 bridgehead atoms. The number of rotatable bonds is 4. The highest BCUT2D eigenvalue weighted by Crippen LogP contribution is 2.37. The molecule has 1 saturated carbocycles. The Balaban J connectivity index is 1.66. The molecule has 1 aromatic heterocycles. The third-order valence-corrected chi connectivity index (χ3v) is 5.06. The van der Waals surface area contributed by atoms with Crippen LogP contribution in [0, 0.1) is 11.8 Å². The molecule has 3 rings (SSSR count). The highest BCUT2D eigenvalue weighted by Gasteiger charge is 2.36. The van der Waals surface area contributed by atoms with Crippen LogP contribution in [0.25, 0.3) is 0 Å². The molecular weight excluding hydrogens is 344 g/mol. The van der Waals surface area contributed by atoms with E-state index in [1.54, 1.807) is 4.90 Å². The summed E-state index contributed by atoms with van der Waals surface area (Å²) >= 11 is 0. The van der Waals surface area contributed by atoms with Gasteiger partial charge in [0.05, 0.1) is 12.5 Å². The first-order valence-corrected chi connectivity index (χ1v) is 9.92. The van der Waals surface area contributed by atoms with Crippen molar-refractivity contribution in [1.29, 1.82) is 0 Å². The van der Waals surface area contributed by atoms with E-state index < -0.39 is 5.60 Å². The number of carbonyl (C=O) groups is 2. The van der Waals surface area contributed by atoms with Crippen molar-refractivity contribution >= 4 is 17.9 Å². The SMILES string of the molecule is CCOC(=O)C1CC(Cc2ccc3c(n2)N(C(=O)OC(C)(C)C)CCC3)C1. The lowest BCUT2D eigenvalue weighted by Crippen LogP contribution is -2.40. The number of fused-ring (bicyclic) bond motifs is 1. The van der Waals surface area contributed by atoms with E-state index in [4.69, 9.17) is 14.5 Å². The fourth-order valence-corrected chi connectivity index (χ4v) is 3.74. The van der Waals surface area contributed by atoms with Gasteiger partial charge in [-0.3, -0.25) is 9.69 Å². The number of ether oxygens (including phenoxy) is 2. The van der Waals surface area contributed by atoms with Crippen LogP contribution in [-0.2, 0) is 27.1 Å². The third-order valence-electron chi connectivity index (χ3n) is 5.06. The molecule has 0 atom stereocenters.